The number of aromatic nitrogens is 2. The summed E-state index contributed by atoms with van der Waals surface area (Å²) in [7, 11) is -2.31. The van der Waals surface area contributed by atoms with Crippen molar-refractivity contribution in [3.8, 4) is 5.75 Å². The fraction of sp³-hybridized carbons (Fsp3) is 0.350. The summed E-state index contributed by atoms with van der Waals surface area (Å²) in [6.45, 7) is 3.82. The van der Waals surface area contributed by atoms with Crippen LogP contribution in [-0.4, -0.2) is 68.5 Å². The molecule has 11 heteroatoms. The summed E-state index contributed by atoms with van der Waals surface area (Å²) in [4.78, 5) is 26.6. The van der Waals surface area contributed by atoms with Crippen LogP contribution < -0.4 is 14.4 Å². The number of amides is 1. The van der Waals surface area contributed by atoms with Gasteiger partial charge in [-0.05, 0) is 43.3 Å². The number of ether oxygens (including phenoxy) is 1. The molecule has 1 amide bonds. The van der Waals surface area contributed by atoms with Gasteiger partial charge in [-0.15, -0.1) is 0 Å². The van der Waals surface area contributed by atoms with Crippen molar-refractivity contribution < 1.29 is 17.9 Å². The number of nitrogens with one attached hydrogen (secondary N) is 1. The molecule has 1 aliphatic heterocycles. The Morgan fingerprint density at radius 3 is 2.52 bits per heavy atom. The average Bonchev–Trinajstić information content (AvgIpc) is 3.23. The van der Waals surface area contributed by atoms with E-state index in [1.165, 1.54) is 30.6 Å². The van der Waals surface area contributed by atoms with E-state index in [0.29, 0.717) is 31.9 Å². The topological polar surface area (TPSA) is 105 Å². The Balaban J connectivity index is 1.36. The monoisotopic (exact) mass is 461 g/mol. The Bertz CT molecular complexity index is 1140. The standard InChI is InChI=1S/C20H23N5O4S2/c1-14(23-31(27,28)16-7-5-15(29-2)6-8-16)19(26)24-10-12-25(13-11-24)20-22-17-4-3-9-21-18(17)30-20/h3-9,14,23H,10-13H2,1-2H3/t14-/m0/s1. The Kier molecular flexibility index (Phi) is 6.08. The van der Waals surface area contributed by atoms with E-state index >= 15 is 0 Å². The first kappa shape index (κ1) is 21.5. The number of benzene rings is 1. The Labute approximate surface area is 184 Å². The van der Waals surface area contributed by atoms with Crippen LogP contribution in [0.1, 0.15) is 6.92 Å². The maximum absolute atomic E-state index is 12.8. The molecule has 1 saturated heterocycles. The van der Waals surface area contributed by atoms with Gasteiger partial charge in [-0.1, -0.05) is 11.3 Å². The van der Waals surface area contributed by atoms with Crippen LogP contribution >= 0.6 is 11.3 Å². The molecule has 3 aromatic rings. The van der Waals surface area contributed by atoms with Gasteiger partial charge in [0.15, 0.2) is 5.13 Å². The van der Waals surface area contributed by atoms with Gasteiger partial charge in [-0.3, -0.25) is 4.79 Å². The molecule has 1 fully saturated rings. The van der Waals surface area contributed by atoms with E-state index in [1.807, 2.05) is 12.1 Å². The van der Waals surface area contributed by atoms with Crippen molar-refractivity contribution in [2.24, 2.45) is 0 Å². The Morgan fingerprint density at radius 2 is 1.87 bits per heavy atom. The van der Waals surface area contributed by atoms with Gasteiger partial charge in [0, 0.05) is 32.4 Å². The van der Waals surface area contributed by atoms with Gasteiger partial charge in [0.05, 0.1) is 18.0 Å². The van der Waals surface area contributed by atoms with Crippen molar-refractivity contribution in [2.75, 3.05) is 38.2 Å². The average molecular weight is 462 g/mol. The van der Waals surface area contributed by atoms with Gasteiger partial charge in [0.25, 0.3) is 0 Å². The number of rotatable bonds is 6. The number of piperazine rings is 1. The normalized spacial score (nSPS) is 15.8. The zero-order valence-corrected chi connectivity index (χ0v) is 18.8. The summed E-state index contributed by atoms with van der Waals surface area (Å²) in [5.74, 6) is 0.313. The fourth-order valence-electron chi connectivity index (χ4n) is 3.39. The van der Waals surface area contributed by atoms with Crippen LogP contribution in [0.25, 0.3) is 10.3 Å². The smallest absolute Gasteiger partial charge is 0.241 e. The molecular formula is C20H23N5O4S2. The third-order valence-corrected chi connectivity index (χ3v) is 7.69. The fourth-order valence-corrected chi connectivity index (χ4v) is 5.55. The first-order valence-electron chi connectivity index (χ1n) is 9.79. The van der Waals surface area contributed by atoms with Crippen LogP contribution in [0.2, 0.25) is 0 Å². The largest absolute Gasteiger partial charge is 0.497 e. The van der Waals surface area contributed by atoms with E-state index in [4.69, 9.17) is 4.74 Å². The Hall–Kier alpha value is -2.76. The molecule has 0 bridgehead atoms. The summed E-state index contributed by atoms with van der Waals surface area (Å²) >= 11 is 1.53. The lowest BCUT2D eigenvalue weighted by Crippen LogP contribution is -2.54. The maximum atomic E-state index is 12.8. The van der Waals surface area contributed by atoms with Crippen molar-refractivity contribution >= 4 is 42.7 Å². The maximum Gasteiger partial charge on any atom is 0.241 e. The van der Waals surface area contributed by atoms with E-state index < -0.39 is 16.1 Å². The van der Waals surface area contributed by atoms with Crippen LogP contribution in [0.4, 0.5) is 5.13 Å². The summed E-state index contributed by atoms with van der Waals surface area (Å²) in [5, 5.41) is 0.883. The predicted octanol–water partition coefficient (Wildman–Crippen LogP) is 1.72. The van der Waals surface area contributed by atoms with Crippen molar-refractivity contribution in [1.82, 2.24) is 19.6 Å². The van der Waals surface area contributed by atoms with Crippen molar-refractivity contribution in [2.45, 2.75) is 17.9 Å². The third kappa shape index (κ3) is 4.63. The first-order chi connectivity index (χ1) is 14.9. The molecule has 0 spiro atoms. The number of pyridine rings is 1. The SMILES string of the molecule is COc1ccc(S(=O)(=O)N[C@@H](C)C(=O)N2CCN(c3nc4cccnc4s3)CC2)cc1. The van der Waals surface area contributed by atoms with Gasteiger partial charge in [-0.25, -0.2) is 18.4 Å². The minimum absolute atomic E-state index is 0.0854. The number of sulfonamides is 1. The zero-order valence-electron chi connectivity index (χ0n) is 17.2. The number of nitrogens with zero attached hydrogens (tertiary/aromatic N) is 4. The number of anilines is 1. The number of methoxy groups -OCH3 is 1. The minimum Gasteiger partial charge on any atom is -0.497 e. The lowest BCUT2D eigenvalue weighted by molar-refractivity contribution is -0.132. The molecule has 31 heavy (non-hydrogen) atoms. The van der Waals surface area contributed by atoms with E-state index in [1.54, 1.807) is 30.2 Å². The van der Waals surface area contributed by atoms with Gasteiger partial charge in [0.2, 0.25) is 15.9 Å². The molecule has 0 aliphatic carbocycles. The highest BCUT2D eigenvalue weighted by atomic mass is 32.2. The summed E-state index contributed by atoms with van der Waals surface area (Å²) < 4.78 is 32.7. The second-order valence-electron chi connectivity index (χ2n) is 7.15. The lowest BCUT2D eigenvalue weighted by atomic mass is 10.2. The van der Waals surface area contributed by atoms with Gasteiger partial charge in [-0.2, -0.15) is 4.72 Å². The highest BCUT2D eigenvalue weighted by molar-refractivity contribution is 7.89. The first-order valence-corrected chi connectivity index (χ1v) is 12.1. The predicted molar refractivity (Wildman–Crippen MR) is 119 cm³/mol. The number of carbonyl (C=O) groups excluding carboxylic acids is 1. The quantitative estimate of drug-likeness (QED) is 0.596. The lowest BCUT2D eigenvalue weighted by Gasteiger charge is -2.35. The number of hydrogen-bond acceptors (Lipinski definition) is 8. The van der Waals surface area contributed by atoms with E-state index in [-0.39, 0.29) is 10.8 Å². The van der Waals surface area contributed by atoms with Crippen LogP contribution in [0.15, 0.2) is 47.5 Å². The van der Waals surface area contributed by atoms with E-state index in [0.717, 1.165) is 15.5 Å². The van der Waals surface area contributed by atoms with Crippen molar-refractivity contribution in [1.29, 1.82) is 0 Å². The van der Waals surface area contributed by atoms with Gasteiger partial charge >= 0.3 is 0 Å². The molecule has 164 valence electrons. The zero-order chi connectivity index (χ0) is 22.0. The molecule has 9 nitrogen and oxygen atoms in total. The molecule has 1 N–H and O–H groups in total. The molecule has 4 rings (SSSR count). The third-order valence-electron chi connectivity index (χ3n) is 5.09. The van der Waals surface area contributed by atoms with Gasteiger partial charge in [0.1, 0.15) is 16.1 Å². The summed E-state index contributed by atoms with van der Waals surface area (Å²) in [6.07, 6.45) is 1.75. The molecule has 1 aromatic carbocycles. The molecular weight excluding hydrogens is 438 g/mol. The molecule has 1 aliphatic rings. The second-order valence-corrected chi connectivity index (χ2v) is 9.82. The van der Waals surface area contributed by atoms with Gasteiger partial charge < -0.3 is 14.5 Å². The molecule has 3 heterocycles. The Morgan fingerprint density at radius 1 is 1.16 bits per heavy atom. The van der Waals surface area contributed by atoms with Crippen LogP contribution in [-0.2, 0) is 14.8 Å². The highest BCUT2D eigenvalue weighted by Crippen LogP contribution is 2.27. The van der Waals surface area contributed by atoms with Crippen molar-refractivity contribution in [3.63, 3.8) is 0 Å². The molecule has 0 unspecified atom stereocenters. The van der Waals surface area contributed by atoms with Crippen LogP contribution in [0.3, 0.4) is 0 Å². The van der Waals surface area contributed by atoms with Crippen LogP contribution in [0, 0.1) is 0 Å². The number of carbonyl (C=O) groups is 1. The highest BCUT2D eigenvalue weighted by Gasteiger charge is 2.29. The number of hydrogen-bond donors (Lipinski definition) is 1. The minimum atomic E-state index is -3.82. The van der Waals surface area contributed by atoms with E-state index in [9.17, 15) is 13.2 Å². The molecule has 0 saturated carbocycles. The molecule has 2 aromatic heterocycles. The number of thiazole rings is 1. The van der Waals surface area contributed by atoms with Crippen molar-refractivity contribution in [3.05, 3.63) is 42.6 Å². The summed E-state index contributed by atoms with van der Waals surface area (Å²) in [6, 6.07) is 8.95. The number of fused-ring (bicyclic) bond motifs is 1. The van der Waals surface area contributed by atoms with E-state index in [2.05, 4.69) is 19.6 Å². The van der Waals surface area contributed by atoms with Crippen LogP contribution in [0.5, 0.6) is 5.75 Å². The second kappa shape index (κ2) is 8.77. The summed E-state index contributed by atoms with van der Waals surface area (Å²) in [5.41, 5.74) is 0.863. The molecule has 1 atom stereocenters. The molecule has 0 radical (unpaired) electrons.